The van der Waals surface area contributed by atoms with Crippen molar-refractivity contribution in [1.29, 1.82) is 0 Å². The van der Waals surface area contributed by atoms with Crippen LogP contribution in [0.4, 0.5) is 0 Å². The number of rotatable bonds is 3. The van der Waals surface area contributed by atoms with Gasteiger partial charge in [0.15, 0.2) is 11.5 Å². The molecule has 0 atom stereocenters. The topological polar surface area (TPSA) is 33.7 Å². The molecule has 0 aliphatic carbocycles. The smallest absolute Gasteiger partial charge is 0.161 e. The third-order valence-electron chi connectivity index (χ3n) is 3.91. The summed E-state index contributed by atoms with van der Waals surface area (Å²) < 4.78 is 11.3. The Morgan fingerprint density at radius 3 is 2.53 bits per heavy atom. The lowest BCUT2D eigenvalue weighted by Crippen LogP contribution is -2.44. The van der Waals surface area contributed by atoms with Gasteiger partial charge in [0.05, 0.1) is 0 Å². The summed E-state index contributed by atoms with van der Waals surface area (Å²) in [5.41, 5.74) is 2.68. The van der Waals surface area contributed by atoms with E-state index in [1.54, 1.807) is 0 Å². The van der Waals surface area contributed by atoms with Crippen LogP contribution in [0.2, 0.25) is 0 Å². The summed E-state index contributed by atoms with van der Waals surface area (Å²) in [6.45, 7) is 9.14. The minimum absolute atomic E-state index is 0.659. The van der Waals surface area contributed by atoms with Crippen LogP contribution in [0.5, 0.6) is 11.5 Å². The molecular weight excluding hydrogens is 240 g/mol. The summed E-state index contributed by atoms with van der Waals surface area (Å²) >= 11 is 0. The van der Waals surface area contributed by atoms with E-state index in [2.05, 4.69) is 29.3 Å². The van der Waals surface area contributed by atoms with Gasteiger partial charge in [0.1, 0.15) is 13.2 Å². The molecular formula is C15H22N2O2. The molecule has 0 bridgehead atoms. The summed E-state index contributed by atoms with van der Waals surface area (Å²) in [5.74, 6) is 1.81. The van der Waals surface area contributed by atoms with Crippen LogP contribution in [-0.2, 0) is 6.42 Å². The Labute approximate surface area is 114 Å². The van der Waals surface area contributed by atoms with E-state index < -0.39 is 0 Å². The maximum absolute atomic E-state index is 5.66. The van der Waals surface area contributed by atoms with Gasteiger partial charge in [0, 0.05) is 32.7 Å². The average Bonchev–Trinajstić information content (AvgIpc) is 2.46. The summed E-state index contributed by atoms with van der Waals surface area (Å²) in [7, 11) is 0. The fourth-order valence-electron chi connectivity index (χ4n) is 2.72. The van der Waals surface area contributed by atoms with Gasteiger partial charge in [-0.05, 0) is 36.6 Å². The molecule has 0 aromatic heterocycles. The summed E-state index contributed by atoms with van der Waals surface area (Å²) in [5, 5.41) is 3.39. The monoisotopic (exact) mass is 262 g/mol. The number of benzene rings is 1. The summed E-state index contributed by atoms with van der Waals surface area (Å²) in [6, 6.07) is 4.27. The lowest BCUT2D eigenvalue weighted by atomic mass is 10.0. The van der Waals surface area contributed by atoms with Gasteiger partial charge in [0.25, 0.3) is 0 Å². The molecule has 0 unspecified atom stereocenters. The van der Waals surface area contributed by atoms with Crippen LogP contribution in [0.15, 0.2) is 12.1 Å². The van der Waals surface area contributed by atoms with Crippen LogP contribution >= 0.6 is 0 Å². The predicted molar refractivity (Wildman–Crippen MR) is 75.2 cm³/mol. The van der Waals surface area contributed by atoms with Crippen LogP contribution in [0.1, 0.15) is 11.1 Å². The normalized spacial score (nSPS) is 19.4. The molecule has 3 rings (SSSR count). The highest BCUT2D eigenvalue weighted by molar-refractivity contribution is 5.47. The van der Waals surface area contributed by atoms with E-state index in [4.69, 9.17) is 9.47 Å². The van der Waals surface area contributed by atoms with E-state index in [1.807, 2.05) is 0 Å². The zero-order chi connectivity index (χ0) is 13.1. The number of ether oxygens (including phenoxy) is 2. The number of nitrogens with zero attached hydrogens (tertiary/aromatic N) is 1. The Balaban J connectivity index is 1.66. The van der Waals surface area contributed by atoms with E-state index in [0.29, 0.717) is 13.2 Å². The van der Waals surface area contributed by atoms with Gasteiger partial charge in [-0.25, -0.2) is 0 Å². The van der Waals surface area contributed by atoms with Crippen molar-refractivity contribution in [3.63, 3.8) is 0 Å². The van der Waals surface area contributed by atoms with E-state index in [0.717, 1.165) is 50.6 Å². The molecule has 0 amide bonds. The lowest BCUT2D eigenvalue weighted by Gasteiger charge is -2.27. The molecule has 1 saturated heterocycles. The number of hydrogen-bond acceptors (Lipinski definition) is 4. The Morgan fingerprint density at radius 1 is 1.11 bits per heavy atom. The second-order valence-electron chi connectivity index (χ2n) is 5.26. The van der Waals surface area contributed by atoms with Crippen molar-refractivity contribution in [1.82, 2.24) is 10.2 Å². The zero-order valence-corrected chi connectivity index (χ0v) is 11.6. The average molecular weight is 262 g/mol. The van der Waals surface area contributed by atoms with Crippen LogP contribution < -0.4 is 14.8 Å². The third-order valence-corrected chi connectivity index (χ3v) is 3.91. The number of nitrogens with one attached hydrogen (secondary N) is 1. The number of aryl methyl sites for hydroxylation is 1. The third kappa shape index (κ3) is 3.01. The maximum atomic E-state index is 5.66. The Morgan fingerprint density at radius 2 is 1.79 bits per heavy atom. The highest BCUT2D eigenvalue weighted by Crippen LogP contribution is 2.33. The highest BCUT2D eigenvalue weighted by Gasteiger charge is 2.15. The molecule has 4 heteroatoms. The van der Waals surface area contributed by atoms with Gasteiger partial charge >= 0.3 is 0 Å². The highest BCUT2D eigenvalue weighted by atomic mass is 16.6. The standard InChI is InChI=1S/C15H22N2O2/c1-12-10-14-15(19-9-8-18-14)11-13(12)2-5-17-6-3-16-4-7-17/h10-11,16H,2-9H2,1H3. The molecule has 1 fully saturated rings. The van der Waals surface area contributed by atoms with Gasteiger partial charge in [0.2, 0.25) is 0 Å². The molecule has 104 valence electrons. The Bertz CT molecular complexity index is 442. The van der Waals surface area contributed by atoms with E-state index in [9.17, 15) is 0 Å². The lowest BCUT2D eigenvalue weighted by molar-refractivity contribution is 0.171. The molecule has 19 heavy (non-hydrogen) atoms. The SMILES string of the molecule is Cc1cc2c(cc1CCN1CCNCC1)OCCO2. The molecule has 0 spiro atoms. The molecule has 0 saturated carbocycles. The second kappa shape index (κ2) is 5.80. The minimum Gasteiger partial charge on any atom is -0.486 e. The van der Waals surface area contributed by atoms with Gasteiger partial charge in [-0.1, -0.05) is 0 Å². The van der Waals surface area contributed by atoms with E-state index in [1.165, 1.54) is 11.1 Å². The second-order valence-corrected chi connectivity index (χ2v) is 5.26. The van der Waals surface area contributed by atoms with Crippen LogP contribution in [0.3, 0.4) is 0 Å². The van der Waals surface area contributed by atoms with Gasteiger partial charge in [-0.2, -0.15) is 0 Å². The molecule has 0 radical (unpaired) electrons. The van der Waals surface area contributed by atoms with Crippen molar-refractivity contribution < 1.29 is 9.47 Å². The van der Waals surface area contributed by atoms with Gasteiger partial charge < -0.3 is 19.7 Å². The predicted octanol–water partition coefficient (Wildman–Crippen LogP) is 1.21. The first-order valence-electron chi connectivity index (χ1n) is 7.15. The van der Waals surface area contributed by atoms with Crippen LogP contribution in [-0.4, -0.2) is 50.8 Å². The maximum Gasteiger partial charge on any atom is 0.161 e. The van der Waals surface area contributed by atoms with Crippen molar-refractivity contribution in [2.75, 3.05) is 45.9 Å². The summed E-state index contributed by atoms with van der Waals surface area (Å²) in [6.07, 6.45) is 1.09. The van der Waals surface area contributed by atoms with Gasteiger partial charge in [-0.3, -0.25) is 0 Å². The summed E-state index contributed by atoms with van der Waals surface area (Å²) in [4.78, 5) is 2.52. The number of fused-ring (bicyclic) bond motifs is 1. The fraction of sp³-hybridized carbons (Fsp3) is 0.600. The molecule has 2 aliphatic heterocycles. The molecule has 2 aliphatic rings. The van der Waals surface area contributed by atoms with Gasteiger partial charge in [-0.15, -0.1) is 0 Å². The Hall–Kier alpha value is -1.26. The molecule has 4 nitrogen and oxygen atoms in total. The number of hydrogen-bond donors (Lipinski definition) is 1. The minimum atomic E-state index is 0.659. The van der Waals surface area contributed by atoms with E-state index in [-0.39, 0.29) is 0 Å². The largest absolute Gasteiger partial charge is 0.486 e. The van der Waals surface area contributed by atoms with E-state index >= 15 is 0 Å². The first kappa shape index (κ1) is 12.8. The first-order chi connectivity index (χ1) is 9.33. The van der Waals surface area contributed by atoms with Crippen molar-refractivity contribution in [2.45, 2.75) is 13.3 Å². The Kier molecular flexibility index (Phi) is 3.89. The first-order valence-corrected chi connectivity index (χ1v) is 7.15. The molecule has 1 N–H and O–H groups in total. The van der Waals surface area contributed by atoms with Crippen LogP contribution in [0.25, 0.3) is 0 Å². The molecule has 2 heterocycles. The van der Waals surface area contributed by atoms with Crippen molar-refractivity contribution in [2.24, 2.45) is 0 Å². The number of piperazine rings is 1. The van der Waals surface area contributed by atoms with Crippen LogP contribution in [0, 0.1) is 6.92 Å². The molecule has 1 aromatic rings. The van der Waals surface area contributed by atoms with Crippen molar-refractivity contribution >= 4 is 0 Å². The molecule has 1 aromatic carbocycles. The van der Waals surface area contributed by atoms with Crippen molar-refractivity contribution in [3.05, 3.63) is 23.3 Å². The fourth-order valence-corrected chi connectivity index (χ4v) is 2.72. The zero-order valence-electron chi connectivity index (χ0n) is 11.6. The quantitative estimate of drug-likeness (QED) is 0.888. The van der Waals surface area contributed by atoms with Crippen molar-refractivity contribution in [3.8, 4) is 11.5 Å².